The van der Waals surface area contributed by atoms with Crippen molar-refractivity contribution in [1.82, 2.24) is 5.32 Å². The number of hydrogen-bond donors (Lipinski definition) is 2. The average Bonchev–Trinajstić information content (AvgIpc) is 3.00. The first kappa shape index (κ1) is 15.9. The van der Waals surface area contributed by atoms with Crippen LogP contribution in [0.4, 0.5) is 5.69 Å². The van der Waals surface area contributed by atoms with Gasteiger partial charge in [0.1, 0.15) is 5.75 Å². The second-order valence-corrected chi connectivity index (χ2v) is 4.87. The Balaban J connectivity index is 1.88. The zero-order valence-electron chi connectivity index (χ0n) is 11.9. The highest BCUT2D eigenvalue weighted by Crippen LogP contribution is 2.27. The van der Waals surface area contributed by atoms with Gasteiger partial charge in [-0.3, -0.25) is 9.59 Å². The van der Waals surface area contributed by atoms with E-state index < -0.39 is 11.8 Å². The molecule has 0 bridgehead atoms. The van der Waals surface area contributed by atoms with Crippen LogP contribution in [0.25, 0.3) is 0 Å². The number of carbonyl (C=O) groups excluding carboxylic acids is 2. The molecule has 22 heavy (non-hydrogen) atoms. The lowest BCUT2D eigenvalue weighted by atomic mass is 10.2. The van der Waals surface area contributed by atoms with Crippen molar-refractivity contribution in [3.8, 4) is 5.75 Å². The molecule has 0 unspecified atom stereocenters. The Hall–Kier alpha value is -2.47. The van der Waals surface area contributed by atoms with Crippen LogP contribution in [0.2, 0.25) is 5.02 Å². The molecule has 116 valence electrons. The van der Waals surface area contributed by atoms with E-state index in [2.05, 4.69) is 10.6 Å². The highest BCUT2D eigenvalue weighted by Gasteiger charge is 2.15. The molecule has 2 rings (SSSR count). The Morgan fingerprint density at radius 2 is 2.09 bits per heavy atom. The molecule has 0 saturated heterocycles. The monoisotopic (exact) mass is 322 g/mol. The molecular formula is C15H15ClN2O4. The highest BCUT2D eigenvalue weighted by molar-refractivity contribution is 6.40. The Kier molecular flexibility index (Phi) is 5.43. The standard InChI is InChI=1S/C15H15ClN2O4/c1-21-13-3-2-11(16)8-12(13)18-15(20)14(19)17-6-4-10-5-7-22-9-10/h2-3,5,7-9H,4,6H2,1H3,(H,17,19)(H,18,20). The van der Waals surface area contributed by atoms with E-state index in [1.165, 1.54) is 13.2 Å². The minimum atomic E-state index is -0.784. The summed E-state index contributed by atoms with van der Waals surface area (Å²) in [4.78, 5) is 23.6. The summed E-state index contributed by atoms with van der Waals surface area (Å²) in [6, 6.07) is 6.54. The van der Waals surface area contributed by atoms with E-state index >= 15 is 0 Å². The number of hydrogen-bond acceptors (Lipinski definition) is 4. The van der Waals surface area contributed by atoms with E-state index in [4.69, 9.17) is 20.8 Å². The molecule has 2 N–H and O–H groups in total. The second-order valence-electron chi connectivity index (χ2n) is 4.44. The van der Waals surface area contributed by atoms with Crippen LogP contribution in [0.15, 0.2) is 41.2 Å². The van der Waals surface area contributed by atoms with Crippen molar-refractivity contribution in [1.29, 1.82) is 0 Å². The molecule has 0 saturated carbocycles. The van der Waals surface area contributed by atoms with Crippen molar-refractivity contribution in [2.45, 2.75) is 6.42 Å². The fraction of sp³-hybridized carbons (Fsp3) is 0.200. The van der Waals surface area contributed by atoms with E-state index in [0.717, 1.165) is 5.56 Å². The van der Waals surface area contributed by atoms with Gasteiger partial charge in [0.2, 0.25) is 0 Å². The lowest BCUT2D eigenvalue weighted by molar-refractivity contribution is -0.136. The largest absolute Gasteiger partial charge is 0.495 e. The molecule has 0 fully saturated rings. The molecule has 0 spiro atoms. The number of benzene rings is 1. The van der Waals surface area contributed by atoms with E-state index in [1.807, 2.05) is 0 Å². The van der Waals surface area contributed by atoms with Gasteiger partial charge >= 0.3 is 11.8 Å². The van der Waals surface area contributed by atoms with Crippen LogP contribution in [-0.2, 0) is 16.0 Å². The van der Waals surface area contributed by atoms with Gasteiger partial charge in [0, 0.05) is 11.6 Å². The number of ether oxygens (including phenoxy) is 1. The molecule has 1 aromatic heterocycles. The Bertz CT molecular complexity index is 656. The van der Waals surface area contributed by atoms with Crippen molar-refractivity contribution >= 4 is 29.1 Å². The first-order valence-corrected chi connectivity index (χ1v) is 6.91. The number of furan rings is 1. The molecule has 0 aliphatic carbocycles. The predicted molar refractivity (Wildman–Crippen MR) is 82.1 cm³/mol. The summed E-state index contributed by atoms with van der Waals surface area (Å²) < 4.78 is 10.0. The number of methoxy groups -OCH3 is 1. The summed E-state index contributed by atoms with van der Waals surface area (Å²) in [6.45, 7) is 0.332. The number of halogens is 1. The van der Waals surface area contributed by atoms with Gasteiger partial charge in [0.05, 0.1) is 25.3 Å². The maximum atomic E-state index is 11.8. The zero-order valence-corrected chi connectivity index (χ0v) is 12.6. The fourth-order valence-corrected chi connectivity index (χ4v) is 1.96. The number of rotatable bonds is 5. The Morgan fingerprint density at radius 1 is 1.27 bits per heavy atom. The molecule has 2 amide bonds. The van der Waals surface area contributed by atoms with Crippen molar-refractivity contribution in [3.05, 3.63) is 47.4 Å². The number of nitrogens with one attached hydrogen (secondary N) is 2. The number of carbonyl (C=O) groups is 2. The van der Waals surface area contributed by atoms with Crippen molar-refractivity contribution in [2.24, 2.45) is 0 Å². The molecule has 0 atom stereocenters. The van der Waals surface area contributed by atoms with Crippen LogP contribution < -0.4 is 15.4 Å². The molecule has 6 nitrogen and oxygen atoms in total. The van der Waals surface area contributed by atoms with Crippen LogP contribution in [-0.4, -0.2) is 25.5 Å². The van der Waals surface area contributed by atoms with E-state index in [0.29, 0.717) is 29.4 Å². The molecule has 1 heterocycles. The van der Waals surface area contributed by atoms with Crippen molar-refractivity contribution in [2.75, 3.05) is 19.0 Å². The van der Waals surface area contributed by atoms with Gasteiger partial charge in [0.25, 0.3) is 0 Å². The normalized spacial score (nSPS) is 10.1. The second kappa shape index (κ2) is 7.51. The van der Waals surface area contributed by atoms with Crippen molar-refractivity contribution in [3.63, 3.8) is 0 Å². The number of anilines is 1. The Labute approximate surface area is 132 Å². The third kappa shape index (κ3) is 4.26. The van der Waals surface area contributed by atoms with Gasteiger partial charge in [-0.1, -0.05) is 11.6 Å². The van der Waals surface area contributed by atoms with Crippen LogP contribution in [0.3, 0.4) is 0 Å². The van der Waals surface area contributed by atoms with Gasteiger partial charge < -0.3 is 19.8 Å². The highest BCUT2D eigenvalue weighted by atomic mass is 35.5. The van der Waals surface area contributed by atoms with E-state index in [-0.39, 0.29) is 0 Å². The molecule has 2 aromatic rings. The molecule has 0 radical (unpaired) electrons. The average molecular weight is 323 g/mol. The number of amides is 2. The molecule has 7 heteroatoms. The van der Waals surface area contributed by atoms with Crippen LogP contribution in [0.5, 0.6) is 5.75 Å². The minimum absolute atomic E-state index is 0.332. The summed E-state index contributed by atoms with van der Waals surface area (Å²) in [7, 11) is 1.46. The predicted octanol–water partition coefficient (Wildman–Crippen LogP) is 2.24. The lowest BCUT2D eigenvalue weighted by Gasteiger charge is -2.10. The van der Waals surface area contributed by atoms with Gasteiger partial charge in [-0.2, -0.15) is 0 Å². The third-order valence-corrected chi connectivity index (χ3v) is 3.13. The first-order valence-electron chi connectivity index (χ1n) is 6.54. The SMILES string of the molecule is COc1ccc(Cl)cc1NC(=O)C(=O)NCCc1ccoc1. The topological polar surface area (TPSA) is 80.6 Å². The first-order chi connectivity index (χ1) is 10.6. The molecular weight excluding hydrogens is 308 g/mol. The van der Waals surface area contributed by atoms with E-state index in [9.17, 15) is 9.59 Å². The molecule has 1 aromatic carbocycles. The van der Waals surface area contributed by atoms with Crippen LogP contribution in [0.1, 0.15) is 5.56 Å². The van der Waals surface area contributed by atoms with Gasteiger partial charge in [-0.05, 0) is 36.2 Å². The lowest BCUT2D eigenvalue weighted by Crippen LogP contribution is -2.36. The Morgan fingerprint density at radius 3 is 2.77 bits per heavy atom. The summed E-state index contributed by atoms with van der Waals surface area (Å²) in [5.74, 6) is -1.10. The minimum Gasteiger partial charge on any atom is -0.495 e. The van der Waals surface area contributed by atoms with Crippen LogP contribution in [0, 0.1) is 0 Å². The summed E-state index contributed by atoms with van der Waals surface area (Å²) in [6.07, 6.45) is 3.72. The molecule has 0 aliphatic rings. The van der Waals surface area contributed by atoms with Gasteiger partial charge in [-0.25, -0.2) is 0 Å². The van der Waals surface area contributed by atoms with Crippen molar-refractivity contribution < 1.29 is 18.7 Å². The van der Waals surface area contributed by atoms with Gasteiger partial charge in [-0.15, -0.1) is 0 Å². The third-order valence-electron chi connectivity index (χ3n) is 2.90. The molecule has 0 aliphatic heterocycles. The summed E-state index contributed by atoms with van der Waals surface area (Å²) in [5, 5.41) is 5.42. The van der Waals surface area contributed by atoms with Gasteiger partial charge in [0.15, 0.2) is 0 Å². The van der Waals surface area contributed by atoms with Crippen LogP contribution >= 0.6 is 11.6 Å². The maximum absolute atomic E-state index is 11.8. The smallest absolute Gasteiger partial charge is 0.313 e. The summed E-state index contributed by atoms with van der Waals surface area (Å²) in [5.41, 5.74) is 1.28. The summed E-state index contributed by atoms with van der Waals surface area (Å²) >= 11 is 5.86. The quantitative estimate of drug-likeness (QED) is 0.827. The zero-order chi connectivity index (χ0) is 15.9. The fourth-order valence-electron chi connectivity index (χ4n) is 1.79. The van der Waals surface area contributed by atoms with E-state index in [1.54, 1.807) is 30.7 Å². The maximum Gasteiger partial charge on any atom is 0.313 e.